The number of para-hydroxylation sites is 6. The van der Waals surface area contributed by atoms with Gasteiger partial charge in [0.15, 0.2) is 0 Å². The van der Waals surface area contributed by atoms with Gasteiger partial charge in [0.1, 0.15) is 12.1 Å². The summed E-state index contributed by atoms with van der Waals surface area (Å²) in [5.74, 6) is 0. The van der Waals surface area contributed by atoms with E-state index in [4.69, 9.17) is 0 Å². The molecule has 0 radical (unpaired) electrons. The fourth-order valence-corrected chi connectivity index (χ4v) is 11.4. The van der Waals surface area contributed by atoms with Gasteiger partial charge in [0, 0.05) is 60.0 Å². The van der Waals surface area contributed by atoms with Gasteiger partial charge in [-0.1, -0.05) is 140 Å². The molecule has 6 heteroatoms. The summed E-state index contributed by atoms with van der Waals surface area (Å²) in [6.45, 7) is 0. The van der Waals surface area contributed by atoms with E-state index in [0.717, 1.165) is 121 Å². The van der Waals surface area contributed by atoms with Crippen LogP contribution in [-0.2, 0) is 0 Å². The number of nitriles is 2. The summed E-state index contributed by atoms with van der Waals surface area (Å²) in [6, 6.07) is 81.6. The number of nitrogens with zero attached hydrogens (tertiary/aromatic N) is 6. The summed E-state index contributed by atoms with van der Waals surface area (Å²) in [7, 11) is 0. The molecule has 0 fully saturated rings. The first-order valence-corrected chi connectivity index (χ1v) is 22.8. The van der Waals surface area contributed by atoms with E-state index < -0.39 is 0 Å². The second kappa shape index (κ2) is 14.4. The fourth-order valence-electron chi connectivity index (χ4n) is 11.4. The highest BCUT2D eigenvalue weighted by molar-refractivity contribution is 6.30. The summed E-state index contributed by atoms with van der Waals surface area (Å²) < 4.78 is 9.26. The molecule has 314 valence electrons. The van der Waals surface area contributed by atoms with Gasteiger partial charge in [-0.3, -0.25) is 0 Å². The predicted octanol–water partition coefficient (Wildman–Crippen LogP) is 15.5. The van der Waals surface area contributed by atoms with Crippen molar-refractivity contribution in [1.29, 1.82) is 10.5 Å². The molecule has 0 N–H and O–H groups in total. The van der Waals surface area contributed by atoms with Crippen molar-refractivity contribution in [1.82, 2.24) is 18.3 Å². The summed E-state index contributed by atoms with van der Waals surface area (Å²) in [4.78, 5) is 0. The molecular weight excluding hydrogens is 829 g/mol. The summed E-state index contributed by atoms with van der Waals surface area (Å²) >= 11 is 0. The van der Waals surface area contributed by atoms with Gasteiger partial charge >= 0.3 is 0 Å². The molecule has 0 aliphatic heterocycles. The quantitative estimate of drug-likeness (QED) is 0.173. The van der Waals surface area contributed by atoms with Crippen molar-refractivity contribution in [2.75, 3.05) is 0 Å². The van der Waals surface area contributed by atoms with E-state index in [1.54, 1.807) is 6.07 Å². The number of fused-ring (bicyclic) bond motifs is 14. The largest absolute Gasteiger partial charge is 0.309 e. The predicted molar refractivity (Wildman–Crippen MR) is 279 cm³/mol. The monoisotopic (exact) mass is 864 g/mol. The molecule has 6 nitrogen and oxygen atoms in total. The average molecular weight is 865 g/mol. The van der Waals surface area contributed by atoms with Crippen LogP contribution < -0.4 is 0 Å². The second-order valence-corrected chi connectivity index (χ2v) is 17.4. The molecular formula is C62H36N6. The minimum absolute atomic E-state index is 0.410. The smallest absolute Gasteiger partial charge is 0.101 e. The Morgan fingerprint density at radius 2 is 0.574 bits per heavy atom. The van der Waals surface area contributed by atoms with Crippen molar-refractivity contribution in [3.05, 3.63) is 230 Å². The lowest BCUT2D eigenvalue weighted by atomic mass is 9.93. The van der Waals surface area contributed by atoms with Gasteiger partial charge in [0.2, 0.25) is 0 Å². The topological polar surface area (TPSA) is 67.3 Å². The van der Waals surface area contributed by atoms with E-state index in [1.165, 1.54) is 0 Å². The lowest BCUT2D eigenvalue weighted by molar-refractivity contribution is 1.12. The third kappa shape index (κ3) is 5.09. The van der Waals surface area contributed by atoms with Crippen LogP contribution in [0.5, 0.6) is 0 Å². The molecule has 0 aliphatic carbocycles. The van der Waals surface area contributed by atoms with Crippen LogP contribution in [0.25, 0.3) is 121 Å². The zero-order valence-electron chi connectivity index (χ0n) is 36.5. The molecule has 0 saturated carbocycles. The maximum atomic E-state index is 11.4. The van der Waals surface area contributed by atoms with Gasteiger partial charge in [-0.05, 0) is 84.4 Å². The molecule has 0 unspecified atom stereocenters. The minimum atomic E-state index is 0.410. The normalized spacial score (nSPS) is 11.8. The molecule has 0 amide bonds. The Bertz CT molecular complexity index is 4230. The SMILES string of the molecule is N#Cc1cc(C#N)c(-n2c3ccccc3c3c4c5ccccc5n(-c5ccccc5)c4ccc32)c(-c2ccccc2)c1-n1c2ccccc2c2c3c4ccccc4n(-c4ccccc4)c3ccc21. The van der Waals surface area contributed by atoms with Gasteiger partial charge in [-0.25, -0.2) is 0 Å². The zero-order valence-corrected chi connectivity index (χ0v) is 36.5. The van der Waals surface area contributed by atoms with Gasteiger partial charge in [-0.15, -0.1) is 0 Å². The number of rotatable bonds is 5. The van der Waals surface area contributed by atoms with Crippen LogP contribution in [-0.4, -0.2) is 18.3 Å². The van der Waals surface area contributed by atoms with E-state index in [2.05, 4.69) is 225 Å². The van der Waals surface area contributed by atoms with Crippen molar-refractivity contribution in [2.24, 2.45) is 0 Å². The summed E-state index contributed by atoms with van der Waals surface area (Å²) in [6.07, 6.45) is 0. The highest BCUT2D eigenvalue weighted by Crippen LogP contribution is 2.49. The van der Waals surface area contributed by atoms with Crippen LogP contribution in [0.2, 0.25) is 0 Å². The number of hydrogen-bond acceptors (Lipinski definition) is 2. The van der Waals surface area contributed by atoms with Crippen molar-refractivity contribution < 1.29 is 0 Å². The number of hydrogen-bond donors (Lipinski definition) is 0. The van der Waals surface area contributed by atoms with Crippen molar-refractivity contribution in [3.63, 3.8) is 0 Å². The Kier molecular flexibility index (Phi) is 8.01. The zero-order chi connectivity index (χ0) is 45.0. The number of aromatic nitrogens is 4. The summed E-state index contributed by atoms with van der Waals surface area (Å²) in [5.41, 5.74) is 14.4. The Morgan fingerprint density at radius 3 is 0.926 bits per heavy atom. The first-order valence-electron chi connectivity index (χ1n) is 22.8. The van der Waals surface area contributed by atoms with Crippen LogP contribution in [0.1, 0.15) is 11.1 Å². The van der Waals surface area contributed by atoms with Crippen molar-refractivity contribution >= 4 is 87.2 Å². The van der Waals surface area contributed by atoms with Crippen molar-refractivity contribution in [2.45, 2.75) is 0 Å². The molecule has 10 aromatic carbocycles. The Morgan fingerprint density at radius 1 is 0.279 bits per heavy atom. The van der Waals surface area contributed by atoms with Gasteiger partial charge < -0.3 is 18.3 Å². The third-order valence-corrected chi connectivity index (χ3v) is 14.0. The fraction of sp³-hybridized carbons (Fsp3) is 0. The van der Waals surface area contributed by atoms with Crippen LogP contribution in [0.15, 0.2) is 218 Å². The molecule has 0 saturated heterocycles. The van der Waals surface area contributed by atoms with Crippen LogP contribution in [0.4, 0.5) is 0 Å². The first kappa shape index (κ1) is 37.7. The maximum absolute atomic E-state index is 11.4. The van der Waals surface area contributed by atoms with Gasteiger partial charge in [-0.2, -0.15) is 10.5 Å². The van der Waals surface area contributed by atoms with Gasteiger partial charge in [0.05, 0.1) is 66.6 Å². The lowest BCUT2D eigenvalue weighted by Crippen LogP contribution is -2.08. The van der Waals surface area contributed by atoms with Crippen LogP contribution in [0.3, 0.4) is 0 Å². The molecule has 4 heterocycles. The minimum Gasteiger partial charge on any atom is -0.309 e. The molecule has 14 aromatic rings. The summed E-state index contributed by atoms with van der Waals surface area (Å²) in [5, 5.41) is 31.7. The molecule has 0 spiro atoms. The Balaban J connectivity index is 1.17. The first-order chi connectivity index (χ1) is 33.7. The standard InChI is InChI=1S/C62H36N6/c63-37-40-36-41(38-64)62(68-51-31-17-13-27-47(51)60-55(68)35-33-53-58(60)45-25-11-15-29-49(45)66(53)43-22-8-3-9-23-43)56(39-18-4-1-5-19-39)61(40)67-50-30-16-12-26-46(50)59-54(67)34-32-52-57(59)44-24-10-14-28-48(44)65(52)42-20-6-2-7-21-42/h1-36H. The van der Waals surface area contributed by atoms with Gasteiger partial charge in [0.25, 0.3) is 0 Å². The third-order valence-electron chi connectivity index (χ3n) is 14.0. The van der Waals surface area contributed by atoms with E-state index in [0.29, 0.717) is 11.1 Å². The van der Waals surface area contributed by atoms with E-state index in [9.17, 15) is 10.5 Å². The Hall–Kier alpha value is -9.62. The van der Waals surface area contributed by atoms with E-state index >= 15 is 0 Å². The molecule has 14 rings (SSSR count). The molecule has 4 aromatic heterocycles. The lowest BCUT2D eigenvalue weighted by Gasteiger charge is -2.22. The number of benzene rings is 10. The highest BCUT2D eigenvalue weighted by Gasteiger charge is 2.29. The Labute approximate surface area is 389 Å². The molecule has 0 atom stereocenters. The second-order valence-electron chi connectivity index (χ2n) is 17.4. The molecule has 0 bridgehead atoms. The average Bonchev–Trinajstić information content (AvgIpc) is 4.13. The van der Waals surface area contributed by atoms with E-state index in [1.807, 2.05) is 18.2 Å². The van der Waals surface area contributed by atoms with Crippen LogP contribution in [0, 0.1) is 22.7 Å². The van der Waals surface area contributed by atoms with Crippen molar-refractivity contribution in [3.8, 4) is 46.0 Å². The highest BCUT2D eigenvalue weighted by atomic mass is 15.0. The maximum Gasteiger partial charge on any atom is 0.101 e. The molecule has 0 aliphatic rings. The van der Waals surface area contributed by atoms with E-state index in [-0.39, 0.29) is 0 Å². The van der Waals surface area contributed by atoms with Crippen LogP contribution >= 0.6 is 0 Å². The molecule has 68 heavy (non-hydrogen) atoms.